The Kier molecular flexibility index (Phi) is 3.20. The predicted octanol–water partition coefficient (Wildman–Crippen LogP) is 3.83. The summed E-state index contributed by atoms with van der Waals surface area (Å²) in [5.41, 5.74) is 5.76. The molecule has 0 saturated carbocycles. The normalized spacial score (nSPS) is 11.1. The Bertz CT molecular complexity index is 819. The molecule has 0 radical (unpaired) electrons. The molecule has 108 valence electrons. The molecule has 1 heterocycles. The molecule has 0 saturated heterocycles. The molecule has 3 rings (SSSR count). The average molecular weight is 279 g/mol. The monoisotopic (exact) mass is 279 g/mol. The summed E-state index contributed by atoms with van der Waals surface area (Å²) >= 11 is 0. The fourth-order valence-electron chi connectivity index (χ4n) is 2.73. The second-order valence-corrected chi connectivity index (χ2v) is 5.99. The van der Waals surface area contributed by atoms with Gasteiger partial charge in [-0.15, -0.1) is 0 Å². The summed E-state index contributed by atoms with van der Waals surface area (Å²) in [4.78, 5) is 9.09. The lowest BCUT2D eigenvalue weighted by Gasteiger charge is -2.17. The van der Waals surface area contributed by atoms with Gasteiger partial charge in [0.25, 0.3) is 0 Å². The number of hydrogen-bond donors (Lipinski definition) is 0. The van der Waals surface area contributed by atoms with Crippen LogP contribution in [0.2, 0.25) is 0 Å². The maximum atomic E-state index is 4.85. The van der Waals surface area contributed by atoms with E-state index in [1.807, 2.05) is 0 Å². The van der Waals surface area contributed by atoms with Crippen molar-refractivity contribution in [2.75, 3.05) is 38.0 Å². The molecule has 0 bridgehead atoms. The minimum atomic E-state index is 1.04. The van der Waals surface area contributed by atoms with Gasteiger partial charge in [-0.05, 0) is 42.8 Å². The first-order valence-electron chi connectivity index (χ1n) is 7.15. The topological polar surface area (TPSA) is 19.4 Å². The van der Waals surface area contributed by atoms with Gasteiger partial charge < -0.3 is 9.80 Å². The minimum absolute atomic E-state index is 1.04. The highest BCUT2D eigenvalue weighted by Gasteiger charge is 2.07. The van der Waals surface area contributed by atoms with Crippen molar-refractivity contribution in [1.29, 1.82) is 0 Å². The van der Waals surface area contributed by atoms with Crippen molar-refractivity contribution in [3.63, 3.8) is 0 Å². The van der Waals surface area contributed by atoms with Crippen molar-refractivity contribution in [2.24, 2.45) is 0 Å². The van der Waals surface area contributed by atoms with Crippen LogP contribution in [0.25, 0.3) is 21.8 Å². The van der Waals surface area contributed by atoms with E-state index in [-0.39, 0.29) is 0 Å². The summed E-state index contributed by atoms with van der Waals surface area (Å²) in [5, 5.41) is 2.38. The Hall–Kier alpha value is -2.29. The zero-order valence-corrected chi connectivity index (χ0v) is 13.3. The van der Waals surface area contributed by atoms with Gasteiger partial charge in [-0.1, -0.05) is 6.07 Å². The molecule has 2 aromatic carbocycles. The van der Waals surface area contributed by atoms with Crippen LogP contribution in [-0.4, -0.2) is 33.2 Å². The van der Waals surface area contributed by atoms with Gasteiger partial charge in [0.1, 0.15) is 0 Å². The molecule has 0 N–H and O–H groups in total. The van der Waals surface area contributed by atoms with Crippen LogP contribution in [0.4, 0.5) is 11.4 Å². The summed E-state index contributed by atoms with van der Waals surface area (Å²) in [6.07, 6.45) is 0. The van der Waals surface area contributed by atoms with E-state index in [9.17, 15) is 0 Å². The van der Waals surface area contributed by atoms with Gasteiger partial charge in [0, 0.05) is 50.3 Å². The summed E-state index contributed by atoms with van der Waals surface area (Å²) < 4.78 is 0. The van der Waals surface area contributed by atoms with Crippen LogP contribution in [0.1, 0.15) is 5.56 Å². The lowest BCUT2D eigenvalue weighted by molar-refractivity contribution is 1.12. The summed E-state index contributed by atoms with van der Waals surface area (Å²) in [6, 6.07) is 13.0. The van der Waals surface area contributed by atoms with Gasteiger partial charge in [-0.25, -0.2) is 4.98 Å². The highest BCUT2D eigenvalue weighted by Crippen LogP contribution is 2.28. The number of aryl methyl sites for hydroxylation is 1. The molecule has 3 nitrogen and oxygen atoms in total. The average Bonchev–Trinajstić information content (AvgIpc) is 2.43. The molecular formula is C18H21N3. The van der Waals surface area contributed by atoms with Crippen LogP contribution in [0.3, 0.4) is 0 Å². The zero-order chi connectivity index (χ0) is 15.1. The Labute approximate surface area is 125 Å². The van der Waals surface area contributed by atoms with Crippen molar-refractivity contribution >= 4 is 33.2 Å². The van der Waals surface area contributed by atoms with Crippen molar-refractivity contribution in [3.8, 4) is 0 Å². The number of pyridine rings is 1. The van der Waals surface area contributed by atoms with Gasteiger partial charge in [0.2, 0.25) is 0 Å². The van der Waals surface area contributed by atoms with Crippen molar-refractivity contribution in [1.82, 2.24) is 4.98 Å². The fraction of sp³-hybridized carbons (Fsp3) is 0.278. The minimum Gasteiger partial charge on any atom is -0.378 e. The van der Waals surface area contributed by atoms with Crippen molar-refractivity contribution < 1.29 is 0 Å². The van der Waals surface area contributed by atoms with Crippen LogP contribution in [-0.2, 0) is 0 Å². The van der Waals surface area contributed by atoms with E-state index >= 15 is 0 Å². The highest BCUT2D eigenvalue weighted by molar-refractivity contribution is 5.95. The van der Waals surface area contributed by atoms with Gasteiger partial charge in [0.05, 0.1) is 11.0 Å². The Morgan fingerprint density at radius 1 is 0.762 bits per heavy atom. The molecule has 3 heteroatoms. The molecule has 21 heavy (non-hydrogen) atoms. The van der Waals surface area contributed by atoms with Crippen LogP contribution >= 0.6 is 0 Å². The smallest absolute Gasteiger partial charge is 0.0730 e. The molecule has 0 fully saturated rings. The number of fused-ring (bicyclic) bond motifs is 2. The third kappa shape index (κ3) is 2.40. The van der Waals surface area contributed by atoms with Crippen LogP contribution in [0.5, 0.6) is 0 Å². The Balaban J connectivity index is 2.28. The van der Waals surface area contributed by atoms with E-state index in [2.05, 4.69) is 81.3 Å². The SMILES string of the molecule is Cc1cc2cc3ccc(N(C)C)cc3nc2cc1N(C)C. The van der Waals surface area contributed by atoms with E-state index in [0.717, 1.165) is 11.0 Å². The van der Waals surface area contributed by atoms with Gasteiger partial charge in [-0.2, -0.15) is 0 Å². The largest absolute Gasteiger partial charge is 0.378 e. The van der Waals surface area contributed by atoms with E-state index in [1.54, 1.807) is 0 Å². The van der Waals surface area contributed by atoms with Gasteiger partial charge >= 0.3 is 0 Å². The lowest BCUT2D eigenvalue weighted by Crippen LogP contribution is -2.10. The van der Waals surface area contributed by atoms with E-state index in [4.69, 9.17) is 4.98 Å². The molecule has 1 aromatic heterocycles. The Morgan fingerprint density at radius 2 is 1.48 bits per heavy atom. The van der Waals surface area contributed by atoms with E-state index in [1.165, 1.54) is 27.7 Å². The summed E-state index contributed by atoms with van der Waals surface area (Å²) in [7, 11) is 8.24. The second kappa shape index (κ2) is 4.92. The number of benzene rings is 2. The van der Waals surface area contributed by atoms with Gasteiger partial charge in [0.15, 0.2) is 0 Å². The molecule has 0 unspecified atom stereocenters. The predicted molar refractivity (Wildman–Crippen MR) is 92.6 cm³/mol. The third-order valence-corrected chi connectivity index (χ3v) is 3.91. The molecule has 0 aliphatic rings. The second-order valence-electron chi connectivity index (χ2n) is 5.99. The summed E-state index contributed by atoms with van der Waals surface area (Å²) in [6.45, 7) is 2.15. The Morgan fingerprint density at radius 3 is 2.14 bits per heavy atom. The van der Waals surface area contributed by atoms with E-state index < -0.39 is 0 Å². The molecule has 0 spiro atoms. The number of anilines is 2. The number of nitrogens with zero attached hydrogens (tertiary/aromatic N) is 3. The molecule has 0 aliphatic heterocycles. The first-order valence-corrected chi connectivity index (χ1v) is 7.15. The molecule has 0 atom stereocenters. The first kappa shape index (κ1) is 13.7. The molecule has 3 aromatic rings. The lowest BCUT2D eigenvalue weighted by atomic mass is 10.1. The van der Waals surface area contributed by atoms with Crippen molar-refractivity contribution in [3.05, 3.63) is 42.0 Å². The number of hydrogen-bond acceptors (Lipinski definition) is 3. The van der Waals surface area contributed by atoms with Crippen molar-refractivity contribution in [2.45, 2.75) is 6.92 Å². The fourth-order valence-corrected chi connectivity index (χ4v) is 2.73. The highest BCUT2D eigenvalue weighted by atomic mass is 15.1. The third-order valence-electron chi connectivity index (χ3n) is 3.91. The maximum absolute atomic E-state index is 4.85. The standard InChI is InChI=1S/C18H21N3/c1-12-8-14-9-13-6-7-15(20(2)3)10-16(13)19-17(14)11-18(12)21(4)5/h6-11H,1-5H3. The molecular weight excluding hydrogens is 258 g/mol. The van der Waals surface area contributed by atoms with Crippen LogP contribution in [0.15, 0.2) is 36.4 Å². The van der Waals surface area contributed by atoms with Crippen LogP contribution < -0.4 is 9.80 Å². The quantitative estimate of drug-likeness (QED) is 0.665. The molecule has 0 amide bonds. The number of aromatic nitrogens is 1. The van der Waals surface area contributed by atoms with Gasteiger partial charge in [-0.3, -0.25) is 0 Å². The first-order chi connectivity index (χ1) is 9.95. The van der Waals surface area contributed by atoms with Crippen LogP contribution in [0, 0.1) is 6.92 Å². The molecule has 0 aliphatic carbocycles. The van der Waals surface area contributed by atoms with E-state index in [0.29, 0.717) is 0 Å². The summed E-state index contributed by atoms with van der Waals surface area (Å²) in [5.74, 6) is 0. The number of rotatable bonds is 2. The maximum Gasteiger partial charge on any atom is 0.0730 e. The zero-order valence-electron chi connectivity index (χ0n) is 13.3.